The Morgan fingerprint density at radius 3 is 2.80 bits per heavy atom. The van der Waals surface area contributed by atoms with Crippen LogP contribution in [0.3, 0.4) is 0 Å². The second-order valence-electron chi connectivity index (χ2n) is 2.09. The third-order valence-corrected chi connectivity index (χ3v) is 1.23. The molecule has 0 aliphatic heterocycles. The Balaban J connectivity index is 2.75. The van der Waals surface area contributed by atoms with Crippen LogP contribution in [0.2, 0.25) is 0 Å². The number of hydrogen-bond donors (Lipinski definition) is 2. The molecule has 0 aliphatic rings. The van der Waals surface area contributed by atoms with Gasteiger partial charge in [-0.15, -0.1) is 0 Å². The molecule has 0 saturated heterocycles. The number of nitrogen functional groups attached to an aromatic ring is 1. The third-order valence-electron chi connectivity index (χ3n) is 1.23. The normalized spacial score (nSPS) is 9.70. The molecular formula is C7H11N3. The summed E-state index contributed by atoms with van der Waals surface area (Å²) in [6, 6.07) is 5.57. The first kappa shape index (κ1) is 7.02. The third kappa shape index (κ3) is 1.70. The van der Waals surface area contributed by atoms with E-state index >= 15 is 0 Å². The van der Waals surface area contributed by atoms with Crippen molar-refractivity contribution in [1.82, 2.24) is 4.98 Å². The molecule has 1 aromatic rings. The van der Waals surface area contributed by atoms with Crippen LogP contribution in [0, 0.1) is 0 Å². The quantitative estimate of drug-likeness (QED) is 0.610. The zero-order valence-electron chi connectivity index (χ0n) is 5.75. The van der Waals surface area contributed by atoms with Gasteiger partial charge < -0.3 is 11.5 Å². The maximum absolute atomic E-state index is 5.44. The SMILES string of the molecule is NCCc1cccc(N)n1. The van der Waals surface area contributed by atoms with Gasteiger partial charge in [0.25, 0.3) is 0 Å². The van der Waals surface area contributed by atoms with E-state index < -0.39 is 0 Å². The van der Waals surface area contributed by atoms with Crippen LogP contribution in [0.5, 0.6) is 0 Å². The smallest absolute Gasteiger partial charge is 0.123 e. The first-order valence-electron chi connectivity index (χ1n) is 3.24. The van der Waals surface area contributed by atoms with Gasteiger partial charge in [-0.25, -0.2) is 4.98 Å². The molecule has 0 unspecified atom stereocenters. The van der Waals surface area contributed by atoms with E-state index in [0.717, 1.165) is 12.1 Å². The zero-order valence-corrected chi connectivity index (χ0v) is 5.75. The summed E-state index contributed by atoms with van der Waals surface area (Å²) in [6.07, 6.45) is 0.797. The number of aromatic nitrogens is 1. The minimum atomic E-state index is 0.561. The second-order valence-corrected chi connectivity index (χ2v) is 2.09. The van der Waals surface area contributed by atoms with E-state index in [-0.39, 0.29) is 0 Å². The predicted molar refractivity (Wildman–Crippen MR) is 41.4 cm³/mol. The largest absolute Gasteiger partial charge is 0.384 e. The van der Waals surface area contributed by atoms with Gasteiger partial charge in [-0.1, -0.05) is 6.07 Å². The van der Waals surface area contributed by atoms with Crippen molar-refractivity contribution in [3.8, 4) is 0 Å². The van der Waals surface area contributed by atoms with Gasteiger partial charge in [-0.3, -0.25) is 0 Å². The second kappa shape index (κ2) is 3.17. The molecular weight excluding hydrogens is 126 g/mol. The van der Waals surface area contributed by atoms with Gasteiger partial charge in [0.05, 0.1) is 0 Å². The van der Waals surface area contributed by atoms with E-state index in [2.05, 4.69) is 4.98 Å². The van der Waals surface area contributed by atoms with E-state index in [9.17, 15) is 0 Å². The van der Waals surface area contributed by atoms with Crippen LogP contribution in [0.25, 0.3) is 0 Å². The maximum atomic E-state index is 5.44. The number of anilines is 1. The molecule has 0 atom stereocenters. The topological polar surface area (TPSA) is 64.9 Å². The molecule has 0 bridgehead atoms. The van der Waals surface area contributed by atoms with E-state index in [1.165, 1.54) is 0 Å². The summed E-state index contributed by atoms with van der Waals surface area (Å²) in [5.74, 6) is 0.561. The van der Waals surface area contributed by atoms with Crippen LogP contribution in [-0.2, 0) is 6.42 Å². The molecule has 0 spiro atoms. The van der Waals surface area contributed by atoms with E-state index in [1.54, 1.807) is 6.07 Å². The van der Waals surface area contributed by atoms with E-state index in [0.29, 0.717) is 12.4 Å². The molecule has 0 amide bonds. The molecule has 3 nitrogen and oxygen atoms in total. The predicted octanol–water partition coefficient (Wildman–Crippen LogP) is 0.165. The molecule has 1 rings (SSSR count). The summed E-state index contributed by atoms with van der Waals surface area (Å²) in [6.45, 7) is 0.621. The van der Waals surface area contributed by atoms with Crippen LogP contribution in [0.15, 0.2) is 18.2 Å². The Morgan fingerprint density at radius 1 is 1.40 bits per heavy atom. The van der Waals surface area contributed by atoms with Crippen molar-refractivity contribution in [2.45, 2.75) is 6.42 Å². The van der Waals surface area contributed by atoms with Gasteiger partial charge in [0.2, 0.25) is 0 Å². The van der Waals surface area contributed by atoms with Crippen molar-refractivity contribution < 1.29 is 0 Å². The summed E-state index contributed by atoms with van der Waals surface area (Å²) in [5.41, 5.74) is 11.7. The van der Waals surface area contributed by atoms with Crippen LogP contribution < -0.4 is 11.5 Å². The first-order valence-corrected chi connectivity index (χ1v) is 3.24. The molecule has 0 aromatic carbocycles. The van der Waals surface area contributed by atoms with E-state index in [1.807, 2.05) is 12.1 Å². The highest BCUT2D eigenvalue weighted by atomic mass is 14.8. The lowest BCUT2D eigenvalue weighted by Crippen LogP contribution is -2.05. The average Bonchev–Trinajstić information content (AvgIpc) is 1.88. The minimum absolute atomic E-state index is 0.561. The van der Waals surface area contributed by atoms with Crippen molar-refractivity contribution in [1.29, 1.82) is 0 Å². The minimum Gasteiger partial charge on any atom is -0.384 e. The van der Waals surface area contributed by atoms with Gasteiger partial charge in [-0.2, -0.15) is 0 Å². The van der Waals surface area contributed by atoms with E-state index in [4.69, 9.17) is 11.5 Å². The molecule has 0 radical (unpaired) electrons. The molecule has 1 aromatic heterocycles. The molecule has 54 valence electrons. The highest BCUT2D eigenvalue weighted by molar-refractivity contribution is 5.28. The monoisotopic (exact) mass is 137 g/mol. The summed E-state index contributed by atoms with van der Waals surface area (Å²) >= 11 is 0. The first-order chi connectivity index (χ1) is 4.83. The summed E-state index contributed by atoms with van der Waals surface area (Å²) < 4.78 is 0. The molecule has 4 N–H and O–H groups in total. The average molecular weight is 137 g/mol. The molecule has 10 heavy (non-hydrogen) atoms. The van der Waals surface area contributed by atoms with Gasteiger partial charge in [0.1, 0.15) is 5.82 Å². The highest BCUT2D eigenvalue weighted by Crippen LogP contribution is 1.99. The molecule has 0 aliphatic carbocycles. The van der Waals surface area contributed by atoms with Gasteiger partial charge >= 0.3 is 0 Å². The lowest BCUT2D eigenvalue weighted by Gasteiger charge is -1.97. The standard InChI is InChI=1S/C7H11N3/c8-5-4-6-2-1-3-7(9)10-6/h1-3H,4-5,8H2,(H2,9,10). The van der Waals surface area contributed by atoms with Crippen LogP contribution in [0.4, 0.5) is 5.82 Å². The maximum Gasteiger partial charge on any atom is 0.123 e. The Bertz CT molecular complexity index is 210. The molecule has 0 saturated carbocycles. The van der Waals surface area contributed by atoms with Crippen LogP contribution in [0.1, 0.15) is 5.69 Å². The fraction of sp³-hybridized carbons (Fsp3) is 0.286. The molecule has 3 heteroatoms. The Kier molecular flexibility index (Phi) is 2.23. The van der Waals surface area contributed by atoms with Crippen molar-refractivity contribution in [2.75, 3.05) is 12.3 Å². The fourth-order valence-corrected chi connectivity index (χ4v) is 0.785. The Labute approximate surface area is 60.1 Å². The molecule has 0 fully saturated rings. The fourth-order valence-electron chi connectivity index (χ4n) is 0.785. The van der Waals surface area contributed by atoms with Crippen molar-refractivity contribution in [2.24, 2.45) is 5.73 Å². The number of rotatable bonds is 2. The Morgan fingerprint density at radius 2 is 2.20 bits per heavy atom. The number of pyridine rings is 1. The molecule has 1 heterocycles. The zero-order chi connectivity index (χ0) is 7.40. The van der Waals surface area contributed by atoms with Gasteiger partial charge in [0.15, 0.2) is 0 Å². The van der Waals surface area contributed by atoms with Crippen molar-refractivity contribution in [3.05, 3.63) is 23.9 Å². The number of hydrogen-bond acceptors (Lipinski definition) is 3. The van der Waals surface area contributed by atoms with Gasteiger partial charge in [-0.05, 0) is 18.7 Å². The van der Waals surface area contributed by atoms with Crippen LogP contribution in [-0.4, -0.2) is 11.5 Å². The van der Waals surface area contributed by atoms with Crippen molar-refractivity contribution in [3.63, 3.8) is 0 Å². The summed E-state index contributed by atoms with van der Waals surface area (Å²) in [7, 11) is 0. The lowest BCUT2D eigenvalue weighted by molar-refractivity contribution is 0.926. The summed E-state index contributed by atoms with van der Waals surface area (Å²) in [5, 5.41) is 0. The number of nitrogens with zero attached hydrogens (tertiary/aromatic N) is 1. The number of nitrogens with two attached hydrogens (primary N) is 2. The summed E-state index contributed by atoms with van der Waals surface area (Å²) in [4.78, 5) is 4.06. The highest BCUT2D eigenvalue weighted by Gasteiger charge is 1.91. The lowest BCUT2D eigenvalue weighted by atomic mass is 10.3. The Hall–Kier alpha value is -1.09. The van der Waals surface area contributed by atoms with Crippen molar-refractivity contribution >= 4 is 5.82 Å². The van der Waals surface area contributed by atoms with Crippen LogP contribution >= 0.6 is 0 Å². The van der Waals surface area contributed by atoms with Gasteiger partial charge in [0, 0.05) is 12.1 Å².